The van der Waals surface area contributed by atoms with Crippen molar-refractivity contribution in [3.63, 3.8) is 0 Å². The largest absolute Gasteiger partial charge is 2.00 e. The zero-order valence-electron chi connectivity index (χ0n) is 5.37. The number of benzene rings is 1. The van der Waals surface area contributed by atoms with Gasteiger partial charge in [-0.2, -0.15) is 6.07 Å². The van der Waals surface area contributed by atoms with E-state index in [9.17, 15) is 13.2 Å². The van der Waals surface area contributed by atoms with Gasteiger partial charge in [0.1, 0.15) is 0 Å². The summed E-state index contributed by atoms with van der Waals surface area (Å²) < 4.78 is 35.8. The van der Waals surface area contributed by atoms with Gasteiger partial charge in [-0.1, -0.05) is 0 Å². The fourth-order valence-electron chi connectivity index (χ4n) is 0.429. The molecule has 0 nitrogen and oxygen atoms in total. The zero-order chi connectivity index (χ0) is 6.85. The minimum atomic E-state index is -1.47. The normalized spacial score (nSPS) is 7.91. The minimum Gasteiger partial charge on any atom is -1.00 e. The summed E-state index contributed by atoms with van der Waals surface area (Å²) in [7, 11) is 0. The molecule has 0 amide bonds. The standard InChI is InChI=1S/C6H2F3.ClH.Mg/c7-4-2-1-3-5(8)6(4)9;;/h1-2H;1H;/q-1;;+2/p-1. The van der Waals surface area contributed by atoms with E-state index in [-0.39, 0.29) is 35.5 Å². The first-order valence-electron chi connectivity index (χ1n) is 2.23. The summed E-state index contributed by atoms with van der Waals surface area (Å²) in [5.74, 6) is -3.95. The number of hydrogen-bond donors (Lipinski definition) is 0. The Morgan fingerprint density at radius 3 is 2.09 bits per heavy atom. The Morgan fingerprint density at radius 1 is 1.18 bits per heavy atom. The number of rotatable bonds is 0. The van der Waals surface area contributed by atoms with Gasteiger partial charge in [-0.25, -0.2) is 8.78 Å². The van der Waals surface area contributed by atoms with E-state index in [1.54, 1.807) is 0 Å². The third-order valence-electron chi connectivity index (χ3n) is 0.842. The Morgan fingerprint density at radius 2 is 1.73 bits per heavy atom. The van der Waals surface area contributed by atoms with E-state index in [0.29, 0.717) is 0 Å². The van der Waals surface area contributed by atoms with Crippen LogP contribution in [-0.2, 0) is 0 Å². The molecule has 0 aromatic heterocycles. The Bertz CT molecular complexity index is 209. The van der Waals surface area contributed by atoms with Gasteiger partial charge in [0.25, 0.3) is 0 Å². The Labute approximate surface area is 84.4 Å². The van der Waals surface area contributed by atoms with E-state index >= 15 is 0 Å². The van der Waals surface area contributed by atoms with E-state index in [2.05, 4.69) is 0 Å². The molecule has 0 radical (unpaired) electrons. The van der Waals surface area contributed by atoms with Crippen molar-refractivity contribution in [1.82, 2.24) is 0 Å². The molecule has 0 aliphatic rings. The first-order chi connectivity index (χ1) is 4.22. The molecule has 56 valence electrons. The predicted octanol–water partition coefficient (Wildman–Crippen LogP) is -1.47. The van der Waals surface area contributed by atoms with Crippen molar-refractivity contribution < 1.29 is 25.6 Å². The second-order valence-electron chi connectivity index (χ2n) is 1.45. The first-order valence-corrected chi connectivity index (χ1v) is 2.23. The molecule has 0 fully saturated rings. The van der Waals surface area contributed by atoms with Crippen molar-refractivity contribution in [3.05, 3.63) is 35.7 Å². The van der Waals surface area contributed by atoms with Gasteiger partial charge in [0.05, 0.1) is 11.6 Å². The van der Waals surface area contributed by atoms with E-state index < -0.39 is 17.5 Å². The van der Waals surface area contributed by atoms with Crippen LogP contribution in [0.15, 0.2) is 12.1 Å². The van der Waals surface area contributed by atoms with Gasteiger partial charge >= 0.3 is 23.1 Å². The van der Waals surface area contributed by atoms with Crippen molar-refractivity contribution in [2.45, 2.75) is 0 Å². The van der Waals surface area contributed by atoms with Crippen molar-refractivity contribution in [3.8, 4) is 0 Å². The summed E-state index contributed by atoms with van der Waals surface area (Å²) >= 11 is 0. The molecule has 0 aliphatic heterocycles. The van der Waals surface area contributed by atoms with Crippen LogP contribution in [0.5, 0.6) is 0 Å². The molecule has 0 N–H and O–H groups in total. The third-order valence-corrected chi connectivity index (χ3v) is 0.842. The summed E-state index contributed by atoms with van der Waals surface area (Å²) in [6.45, 7) is 0. The molecular formula is C6H2ClF3Mg. The molecule has 0 saturated carbocycles. The predicted molar refractivity (Wildman–Crippen MR) is 30.9 cm³/mol. The van der Waals surface area contributed by atoms with Crippen molar-refractivity contribution >= 4 is 23.1 Å². The summed E-state index contributed by atoms with van der Waals surface area (Å²) in [5, 5.41) is 0. The van der Waals surface area contributed by atoms with Crippen molar-refractivity contribution in [2.75, 3.05) is 0 Å². The number of hydrogen-bond acceptors (Lipinski definition) is 0. The van der Waals surface area contributed by atoms with Crippen molar-refractivity contribution in [1.29, 1.82) is 0 Å². The molecular weight excluding hydrogens is 189 g/mol. The maximum atomic E-state index is 11.9. The van der Waals surface area contributed by atoms with Gasteiger partial charge in [0, 0.05) is 5.82 Å². The molecule has 0 spiro atoms. The summed E-state index contributed by atoms with van der Waals surface area (Å²) in [6, 6.07) is 3.64. The second-order valence-corrected chi connectivity index (χ2v) is 1.45. The molecule has 0 bridgehead atoms. The molecule has 11 heavy (non-hydrogen) atoms. The molecule has 5 heteroatoms. The van der Waals surface area contributed by atoms with Crippen LogP contribution in [0.25, 0.3) is 0 Å². The van der Waals surface area contributed by atoms with Gasteiger partial charge in [0.15, 0.2) is 0 Å². The van der Waals surface area contributed by atoms with Crippen LogP contribution in [0.4, 0.5) is 13.2 Å². The van der Waals surface area contributed by atoms with Crippen LogP contribution >= 0.6 is 0 Å². The SMILES string of the molecule is Fc1[c-]ccc(F)c1F.[Cl-].[Mg+2]. The smallest absolute Gasteiger partial charge is 1.00 e. The molecule has 0 atom stereocenters. The van der Waals surface area contributed by atoms with E-state index in [4.69, 9.17) is 0 Å². The quantitative estimate of drug-likeness (QED) is 0.266. The van der Waals surface area contributed by atoms with Crippen molar-refractivity contribution in [2.24, 2.45) is 0 Å². The van der Waals surface area contributed by atoms with Crippen LogP contribution < -0.4 is 12.4 Å². The van der Waals surface area contributed by atoms with Gasteiger partial charge in [-0.05, 0) is 0 Å². The average Bonchev–Trinajstić information content (AvgIpc) is 1.83. The van der Waals surface area contributed by atoms with Gasteiger partial charge in [0.2, 0.25) is 0 Å². The Balaban J connectivity index is 0. The summed E-state index contributed by atoms with van der Waals surface area (Å²) in [5.41, 5.74) is 0. The fraction of sp³-hybridized carbons (Fsp3) is 0. The molecule has 0 heterocycles. The van der Waals surface area contributed by atoms with Crippen LogP contribution in [0.3, 0.4) is 0 Å². The molecule has 0 unspecified atom stereocenters. The van der Waals surface area contributed by atoms with Crippen LogP contribution in [-0.4, -0.2) is 23.1 Å². The average molecular weight is 191 g/mol. The monoisotopic (exact) mass is 190 g/mol. The first kappa shape index (κ1) is 13.6. The maximum Gasteiger partial charge on any atom is 2.00 e. The molecule has 1 aromatic carbocycles. The van der Waals surface area contributed by atoms with Gasteiger partial charge in [-0.15, -0.1) is 12.1 Å². The van der Waals surface area contributed by atoms with E-state index in [1.165, 1.54) is 0 Å². The zero-order valence-corrected chi connectivity index (χ0v) is 7.54. The topological polar surface area (TPSA) is 0 Å². The number of halogens is 4. The molecule has 1 aromatic rings. The van der Waals surface area contributed by atoms with E-state index in [0.717, 1.165) is 12.1 Å². The van der Waals surface area contributed by atoms with E-state index in [1.807, 2.05) is 6.07 Å². The Hall–Kier alpha value is 0.0662. The molecule has 0 saturated heterocycles. The second kappa shape index (κ2) is 5.68. The van der Waals surface area contributed by atoms with Gasteiger partial charge < -0.3 is 12.4 Å². The molecule has 1 rings (SSSR count). The minimum absolute atomic E-state index is 0. The Kier molecular flexibility index (Phi) is 7.05. The molecule has 0 aliphatic carbocycles. The van der Waals surface area contributed by atoms with Crippen LogP contribution in [0.2, 0.25) is 0 Å². The van der Waals surface area contributed by atoms with Crippen LogP contribution in [0.1, 0.15) is 0 Å². The van der Waals surface area contributed by atoms with Crippen LogP contribution in [0, 0.1) is 23.5 Å². The maximum absolute atomic E-state index is 11.9. The summed E-state index contributed by atoms with van der Waals surface area (Å²) in [4.78, 5) is 0. The summed E-state index contributed by atoms with van der Waals surface area (Å²) in [6.07, 6.45) is 0. The van der Waals surface area contributed by atoms with Gasteiger partial charge in [-0.3, -0.25) is 4.39 Å². The third kappa shape index (κ3) is 3.31. The fourth-order valence-corrected chi connectivity index (χ4v) is 0.429.